The summed E-state index contributed by atoms with van der Waals surface area (Å²) in [5, 5.41) is 0. The fourth-order valence-electron chi connectivity index (χ4n) is 1.60. The van der Waals surface area contributed by atoms with Crippen molar-refractivity contribution >= 4 is 5.97 Å². The first-order chi connectivity index (χ1) is 8.06. The number of rotatable bonds is 7. The first-order valence-corrected chi connectivity index (χ1v) is 5.98. The van der Waals surface area contributed by atoms with E-state index in [9.17, 15) is 4.79 Å². The van der Waals surface area contributed by atoms with E-state index >= 15 is 0 Å². The summed E-state index contributed by atoms with van der Waals surface area (Å²) in [5.74, 6) is -0.317. The zero-order valence-electron chi connectivity index (χ0n) is 10.6. The van der Waals surface area contributed by atoms with Crippen molar-refractivity contribution < 1.29 is 9.53 Å². The molecule has 1 aromatic heterocycles. The van der Waals surface area contributed by atoms with Gasteiger partial charge in [-0.15, -0.1) is 0 Å². The second-order valence-electron chi connectivity index (χ2n) is 4.40. The Labute approximate surface area is 102 Å². The minimum Gasteiger partial charge on any atom is -0.465 e. The van der Waals surface area contributed by atoms with Gasteiger partial charge >= 0.3 is 5.97 Å². The van der Waals surface area contributed by atoms with Crippen LogP contribution in [0.5, 0.6) is 0 Å². The standard InChI is InChI=1S/C12H21N3O2/c1-3-17-11(16)12(2,13)6-4-5-8-15-9-7-14-10-15/h7,9-10H,3-6,8,13H2,1-2H3. The van der Waals surface area contributed by atoms with E-state index in [-0.39, 0.29) is 5.97 Å². The molecule has 1 atom stereocenters. The average molecular weight is 239 g/mol. The van der Waals surface area contributed by atoms with Crippen LogP contribution >= 0.6 is 0 Å². The molecule has 0 spiro atoms. The lowest BCUT2D eigenvalue weighted by molar-refractivity contribution is -0.149. The highest BCUT2D eigenvalue weighted by Gasteiger charge is 2.28. The van der Waals surface area contributed by atoms with Crippen LogP contribution in [0.3, 0.4) is 0 Å². The van der Waals surface area contributed by atoms with E-state index < -0.39 is 5.54 Å². The van der Waals surface area contributed by atoms with Gasteiger partial charge in [0.05, 0.1) is 12.9 Å². The van der Waals surface area contributed by atoms with Crippen LogP contribution in [0.2, 0.25) is 0 Å². The number of imidazole rings is 1. The van der Waals surface area contributed by atoms with Crippen LogP contribution in [0.15, 0.2) is 18.7 Å². The molecular formula is C12H21N3O2. The minimum atomic E-state index is -0.870. The Bertz CT molecular complexity index is 334. The van der Waals surface area contributed by atoms with Crippen LogP contribution < -0.4 is 5.73 Å². The normalized spacial score (nSPS) is 14.3. The maximum Gasteiger partial charge on any atom is 0.325 e. The summed E-state index contributed by atoms with van der Waals surface area (Å²) in [5.41, 5.74) is 5.04. The highest BCUT2D eigenvalue weighted by atomic mass is 16.5. The second-order valence-corrected chi connectivity index (χ2v) is 4.40. The van der Waals surface area contributed by atoms with Crippen LogP contribution in [0, 0.1) is 0 Å². The fraction of sp³-hybridized carbons (Fsp3) is 0.667. The lowest BCUT2D eigenvalue weighted by atomic mass is 9.96. The predicted molar refractivity (Wildman–Crippen MR) is 65.3 cm³/mol. The molecule has 17 heavy (non-hydrogen) atoms. The van der Waals surface area contributed by atoms with Gasteiger partial charge in [-0.3, -0.25) is 4.79 Å². The topological polar surface area (TPSA) is 70.1 Å². The highest BCUT2D eigenvalue weighted by Crippen LogP contribution is 2.13. The van der Waals surface area contributed by atoms with Crippen molar-refractivity contribution in [2.24, 2.45) is 5.73 Å². The molecule has 2 N–H and O–H groups in total. The first kappa shape index (κ1) is 13.7. The fourth-order valence-corrected chi connectivity index (χ4v) is 1.60. The minimum absolute atomic E-state index is 0.317. The largest absolute Gasteiger partial charge is 0.465 e. The first-order valence-electron chi connectivity index (χ1n) is 5.98. The lowest BCUT2D eigenvalue weighted by Gasteiger charge is -2.21. The molecule has 1 unspecified atom stereocenters. The Hall–Kier alpha value is -1.36. The van der Waals surface area contributed by atoms with E-state index in [4.69, 9.17) is 10.5 Å². The third-order valence-electron chi connectivity index (χ3n) is 2.66. The van der Waals surface area contributed by atoms with E-state index in [0.29, 0.717) is 13.0 Å². The number of nitrogens with two attached hydrogens (primary N) is 1. The van der Waals surface area contributed by atoms with Gasteiger partial charge < -0.3 is 15.0 Å². The van der Waals surface area contributed by atoms with Gasteiger partial charge in [-0.25, -0.2) is 4.98 Å². The van der Waals surface area contributed by atoms with Crippen molar-refractivity contribution in [3.05, 3.63) is 18.7 Å². The Morgan fingerprint density at radius 1 is 1.53 bits per heavy atom. The number of carbonyl (C=O) groups excluding carboxylic acids is 1. The number of nitrogens with zero attached hydrogens (tertiary/aromatic N) is 2. The zero-order chi connectivity index (χ0) is 12.7. The maximum atomic E-state index is 11.5. The lowest BCUT2D eigenvalue weighted by Crippen LogP contribution is -2.46. The Morgan fingerprint density at radius 3 is 2.88 bits per heavy atom. The third-order valence-corrected chi connectivity index (χ3v) is 2.66. The van der Waals surface area contributed by atoms with Crippen molar-refractivity contribution in [3.8, 4) is 0 Å². The zero-order valence-corrected chi connectivity index (χ0v) is 10.6. The molecule has 0 fully saturated rings. The molecule has 5 heteroatoms. The number of carbonyl (C=O) groups is 1. The molecule has 0 aliphatic rings. The van der Waals surface area contributed by atoms with E-state index in [1.165, 1.54) is 0 Å². The average Bonchev–Trinajstić information content (AvgIpc) is 2.77. The maximum absolute atomic E-state index is 11.5. The molecule has 0 bridgehead atoms. The molecular weight excluding hydrogens is 218 g/mol. The van der Waals surface area contributed by atoms with Gasteiger partial charge in [0, 0.05) is 18.9 Å². The summed E-state index contributed by atoms with van der Waals surface area (Å²) >= 11 is 0. The van der Waals surface area contributed by atoms with Gasteiger partial charge in [0.1, 0.15) is 5.54 Å². The van der Waals surface area contributed by atoms with Crippen LogP contribution in [0.4, 0.5) is 0 Å². The SMILES string of the molecule is CCOC(=O)C(C)(N)CCCCn1ccnc1. The van der Waals surface area contributed by atoms with Crippen molar-refractivity contribution in [2.75, 3.05) is 6.61 Å². The van der Waals surface area contributed by atoms with Gasteiger partial charge in [0.15, 0.2) is 0 Å². The van der Waals surface area contributed by atoms with Gasteiger partial charge in [0.25, 0.3) is 0 Å². The highest BCUT2D eigenvalue weighted by molar-refractivity contribution is 5.79. The summed E-state index contributed by atoms with van der Waals surface area (Å²) in [6.07, 6.45) is 7.97. The van der Waals surface area contributed by atoms with Crippen molar-refractivity contribution in [1.29, 1.82) is 0 Å². The summed E-state index contributed by atoms with van der Waals surface area (Å²) in [6, 6.07) is 0. The Balaban J connectivity index is 2.23. The van der Waals surface area contributed by atoms with E-state index in [2.05, 4.69) is 4.98 Å². The van der Waals surface area contributed by atoms with E-state index in [1.54, 1.807) is 26.4 Å². The molecule has 0 radical (unpaired) electrons. The molecule has 0 aliphatic heterocycles. The summed E-state index contributed by atoms with van der Waals surface area (Å²) in [6.45, 7) is 4.79. The molecule has 5 nitrogen and oxygen atoms in total. The number of hydrogen-bond donors (Lipinski definition) is 1. The Morgan fingerprint density at radius 2 is 2.29 bits per heavy atom. The number of esters is 1. The molecule has 1 rings (SSSR count). The van der Waals surface area contributed by atoms with Gasteiger partial charge in [0.2, 0.25) is 0 Å². The summed E-state index contributed by atoms with van der Waals surface area (Å²) in [4.78, 5) is 15.5. The van der Waals surface area contributed by atoms with Crippen LogP contribution in [-0.2, 0) is 16.1 Å². The van der Waals surface area contributed by atoms with Crippen LogP contribution in [-0.4, -0.2) is 27.7 Å². The Kier molecular flexibility index (Phi) is 5.15. The predicted octanol–water partition coefficient (Wildman–Crippen LogP) is 1.33. The summed E-state index contributed by atoms with van der Waals surface area (Å²) < 4.78 is 6.94. The quantitative estimate of drug-likeness (QED) is 0.575. The second kappa shape index (κ2) is 6.39. The van der Waals surface area contributed by atoms with E-state index in [0.717, 1.165) is 19.4 Å². The molecule has 0 saturated heterocycles. The molecule has 1 aromatic rings. The third kappa shape index (κ3) is 4.56. The van der Waals surface area contributed by atoms with Crippen molar-refractivity contribution in [1.82, 2.24) is 9.55 Å². The number of aryl methyl sites for hydroxylation is 1. The number of aromatic nitrogens is 2. The van der Waals surface area contributed by atoms with E-state index in [1.807, 2.05) is 10.8 Å². The van der Waals surface area contributed by atoms with Crippen LogP contribution in [0.25, 0.3) is 0 Å². The summed E-state index contributed by atoms with van der Waals surface area (Å²) in [7, 11) is 0. The van der Waals surface area contributed by atoms with Crippen molar-refractivity contribution in [2.45, 2.75) is 45.2 Å². The van der Waals surface area contributed by atoms with Crippen molar-refractivity contribution in [3.63, 3.8) is 0 Å². The molecule has 0 saturated carbocycles. The van der Waals surface area contributed by atoms with Gasteiger partial charge in [-0.05, 0) is 33.1 Å². The number of hydrogen-bond acceptors (Lipinski definition) is 4. The van der Waals surface area contributed by atoms with Gasteiger partial charge in [-0.1, -0.05) is 0 Å². The number of ether oxygens (including phenoxy) is 1. The molecule has 96 valence electrons. The molecule has 0 amide bonds. The monoisotopic (exact) mass is 239 g/mol. The smallest absolute Gasteiger partial charge is 0.325 e. The van der Waals surface area contributed by atoms with Gasteiger partial charge in [-0.2, -0.15) is 0 Å². The number of unbranched alkanes of at least 4 members (excludes halogenated alkanes) is 1. The molecule has 0 aromatic carbocycles. The molecule has 0 aliphatic carbocycles. The van der Waals surface area contributed by atoms with Crippen LogP contribution in [0.1, 0.15) is 33.1 Å². The molecule has 1 heterocycles.